The molecule has 0 fully saturated rings. The van der Waals surface area contributed by atoms with Crippen molar-refractivity contribution in [3.8, 4) is 0 Å². The van der Waals surface area contributed by atoms with Gasteiger partial charge in [-0.25, -0.2) is 9.97 Å². The number of carbonyl (C=O) groups is 2. The molecular weight excluding hydrogens is 526 g/mol. The van der Waals surface area contributed by atoms with Crippen molar-refractivity contribution in [1.82, 2.24) is 30.8 Å². The van der Waals surface area contributed by atoms with Crippen molar-refractivity contribution < 1.29 is 9.59 Å². The number of amides is 2. The Morgan fingerprint density at radius 2 is 1.64 bits per heavy atom. The third-order valence-corrected chi connectivity index (χ3v) is 6.50. The molecule has 0 saturated carbocycles. The highest BCUT2D eigenvalue weighted by Gasteiger charge is 2.20. The number of nitrogens with zero attached hydrogens (tertiary/aromatic N) is 3. The molecule has 0 aliphatic rings. The second-order valence-electron chi connectivity index (χ2n) is 10.1. The molecule has 0 aliphatic carbocycles. The van der Waals surface area contributed by atoms with Crippen molar-refractivity contribution in [3.63, 3.8) is 0 Å². The van der Waals surface area contributed by atoms with Crippen LogP contribution < -0.4 is 21.3 Å². The maximum Gasteiger partial charge on any atom is 0.258 e. The number of aromatic nitrogens is 2. The minimum absolute atomic E-state index is 0.0543. The molecule has 4 N–H and O–H groups in total. The van der Waals surface area contributed by atoms with Gasteiger partial charge in [0.05, 0.1) is 5.52 Å². The van der Waals surface area contributed by atoms with E-state index in [-0.39, 0.29) is 12.1 Å². The van der Waals surface area contributed by atoms with E-state index in [1.54, 1.807) is 20.2 Å². The van der Waals surface area contributed by atoms with Gasteiger partial charge in [0.2, 0.25) is 5.95 Å². The number of fused-ring (bicyclic) bond motifs is 1. The van der Waals surface area contributed by atoms with Crippen molar-refractivity contribution in [2.45, 2.75) is 20.0 Å². The molecule has 0 bridgehead atoms. The molecule has 1 aromatic heterocycles. The van der Waals surface area contributed by atoms with E-state index >= 15 is 0 Å². The lowest BCUT2D eigenvalue weighted by molar-refractivity contribution is -0.123. The summed E-state index contributed by atoms with van der Waals surface area (Å²) >= 11 is 0. The Morgan fingerprint density at radius 3 is 2.36 bits per heavy atom. The molecular formula is C33H37N7O2. The van der Waals surface area contributed by atoms with E-state index in [2.05, 4.69) is 48.3 Å². The first-order valence-corrected chi connectivity index (χ1v) is 13.8. The van der Waals surface area contributed by atoms with Gasteiger partial charge in [0.1, 0.15) is 5.57 Å². The second-order valence-corrected chi connectivity index (χ2v) is 10.1. The standard InChI is InChI=1S/C33H37N7O2/c1-23(34-2)30(32(42)36-20-25-9-6-5-7-10-25)31(41)35-18-8-11-24-14-17-29-27(19-24)21-37-33(39-29)38-28-15-12-26(13-16-28)22-40(3)4/h5-17,19,21,34H,18,20,22H2,1-4H3,(H,35,41)(H,36,42)(H,37,38,39)/b11-8+,30-23-. The van der Waals surface area contributed by atoms with Crippen LogP contribution in [0.4, 0.5) is 11.6 Å². The van der Waals surface area contributed by atoms with Crippen molar-refractivity contribution >= 4 is 40.4 Å². The fraction of sp³-hybridized carbons (Fsp3) is 0.212. The molecule has 0 spiro atoms. The Bertz CT molecular complexity index is 1580. The molecule has 3 aromatic carbocycles. The molecule has 0 saturated heterocycles. The summed E-state index contributed by atoms with van der Waals surface area (Å²) in [7, 11) is 5.77. The third-order valence-electron chi connectivity index (χ3n) is 6.50. The minimum Gasteiger partial charge on any atom is -0.391 e. The predicted molar refractivity (Wildman–Crippen MR) is 169 cm³/mol. The summed E-state index contributed by atoms with van der Waals surface area (Å²) in [5, 5.41) is 12.7. The van der Waals surface area contributed by atoms with Crippen molar-refractivity contribution in [3.05, 3.63) is 113 Å². The number of benzene rings is 3. The van der Waals surface area contributed by atoms with Gasteiger partial charge in [-0.2, -0.15) is 0 Å². The lowest BCUT2D eigenvalue weighted by Gasteiger charge is -2.12. The first-order chi connectivity index (χ1) is 20.3. The number of hydrogen-bond acceptors (Lipinski definition) is 7. The molecule has 4 aromatic rings. The van der Waals surface area contributed by atoms with Gasteiger partial charge in [-0.1, -0.05) is 60.7 Å². The summed E-state index contributed by atoms with van der Waals surface area (Å²) in [5.41, 5.74) is 5.43. The number of nitrogens with one attached hydrogen (secondary N) is 4. The van der Waals surface area contributed by atoms with E-state index in [0.717, 1.165) is 34.3 Å². The zero-order valence-corrected chi connectivity index (χ0v) is 24.4. The van der Waals surface area contributed by atoms with Crippen LogP contribution >= 0.6 is 0 Å². The van der Waals surface area contributed by atoms with Crippen LogP contribution in [-0.2, 0) is 22.7 Å². The number of allylic oxidation sites excluding steroid dienone is 1. The van der Waals surface area contributed by atoms with Crippen molar-refractivity contribution in [2.24, 2.45) is 0 Å². The van der Waals surface area contributed by atoms with E-state index in [9.17, 15) is 9.59 Å². The molecule has 1 heterocycles. The van der Waals surface area contributed by atoms with Crippen LogP contribution in [0.5, 0.6) is 0 Å². The van der Waals surface area contributed by atoms with Crippen LogP contribution in [0, 0.1) is 0 Å². The Balaban J connectivity index is 1.33. The quantitative estimate of drug-likeness (QED) is 0.115. The number of hydrogen-bond donors (Lipinski definition) is 4. The van der Waals surface area contributed by atoms with E-state index in [1.165, 1.54) is 5.56 Å². The highest BCUT2D eigenvalue weighted by Crippen LogP contribution is 2.19. The summed E-state index contributed by atoms with van der Waals surface area (Å²) in [4.78, 5) is 36.9. The smallest absolute Gasteiger partial charge is 0.258 e. The van der Waals surface area contributed by atoms with E-state index in [4.69, 9.17) is 0 Å². The summed E-state index contributed by atoms with van der Waals surface area (Å²) in [6.07, 6.45) is 5.53. The number of anilines is 2. The van der Waals surface area contributed by atoms with Gasteiger partial charge in [-0.3, -0.25) is 9.59 Å². The van der Waals surface area contributed by atoms with Crippen LogP contribution in [0.3, 0.4) is 0 Å². The van der Waals surface area contributed by atoms with Crippen LogP contribution in [0.15, 0.2) is 96.3 Å². The predicted octanol–water partition coefficient (Wildman–Crippen LogP) is 4.37. The van der Waals surface area contributed by atoms with Gasteiger partial charge in [-0.05, 0) is 62.0 Å². The van der Waals surface area contributed by atoms with E-state index in [1.807, 2.05) is 86.9 Å². The lowest BCUT2D eigenvalue weighted by atomic mass is 10.1. The minimum atomic E-state index is -0.448. The molecule has 4 rings (SSSR count). The van der Waals surface area contributed by atoms with E-state index < -0.39 is 11.8 Å². The Hall–Kier alpha value is -5.02. The maximum atomic E-state index is 12.9. The molecule has 0 atom stereocenters. The van der Waals surface area contributed by atoms with Crippen LogP contribution in [-0.4, -0.2) is 54.4 Å². The first kappa shape index (κ1) is 30.0. The summed E-state index contributed by atoms with van der Waals surface area (Å²) in [6, 6.07) is 23.7. The van der Waals surface area contributed by atoms with Crippen molar-refractivity contribution in [1.29, 1.82) is 0 Å². The van der Waals surface area contributed by atoms with Gasteiger partial charge >= 0.3 is 0 Å². The van der Waals surface area contributed by atoms with Gasteiger partial charge in [0.25, 0.3) is 11.8 Å². The molecule has 216 valence electrons. The fourth-order valence-electron chi connectivity index (χ4n) is 4.27. The van der Waals surface area contributed by atoms with Gasteiger partial charge in [-0.15, -0.1) is 0 Å². The zero-order valence-electron chi connectivity index (χ0n) is 24.4. The molecule has 0 unspecified atom stereocenters. The van der Waals surface area contributed by atoms with Gasteiger partial charge < -0.3 is 26.2 Å². The van der Waals surface area contributed by atoms with Gasteiger partial charge in [0.15, 0.2) is 0 Å². The average Bonchev–Trinajstić information content (AvgIpc) is 2.99. The highest BCUT2D eigenvalue weighted by atomic mass is 16.2. The SMILES string of the molecule is CN/C(C)=C(/C(=O)NC/C=C/c1ccc2nc(Nc3ccc(CN(C)C)cc3)ncc2c1)C(=O)NCc1ccccc1. The van der Waals surface area contributed by atoms with Crippen molar-refractivity contribution in [2.75, 3.05) is 33.0 Å². The molecule has 0 aliphatic heterocycles. The maximum absolute atomic E-state index is 12.9. The summed E-state index contributed by atoms with van der Waals surface area (Å²) in [6.45, 7) is 3.18. The second kappa shape index (κ2) is 14.6. The lowest BCUT2D eigenvalue weighted by Crippen LogP contribution is -2.36. The highest BCUT2D eigenvalue weighted by molar-refractivity contribution is 6.19. The Kier molecular flexibility index (Phi) is 10.4. The molecule has 42 heavy (non-hydrogen) atoms. The fourth-order valence-corrected chi connectivity index (χ4v) is 4.27. The Labute approximate surface area is 246 Å². The molecule has 2 amide bonds. The van der Waals surface area contributed by atoms with E-state index in [0.29, 0.717) is 18.2 Å². The normalized spacial score (nSPS) is 11.8. The molecule has 9 nitrogen and oxygen atoms in total. The number of rotatable bonds is 12. The van der Waals surface area contributed by atoms with Gasteiger partial charge in [0, 0.05) is 49.6 Å². The van der Waals surface area contributed by atoms with Crippen LogP contribution in [0.25, 0.3) is 17.0 Å². The van der Waals surface area contributed by atoms with Crippen LogP contribution in [0.1, 0.15) is 23.6 Å². The molecule has 9 heteroatoms. The average molecular weight is 564 g/mol. The largest absolute Gasteiger partial charge is 0.391 e. The summed E-state index contributed by atoms with van der Waals surface area (Å²) < 4.78 is 0. The third kappa shape index (κ3) is 8.49. The summed E-state index contributed by atoms with van der Waals surface area (Å²) in [5.74, 6) is -0.351. The molecule has 0 radical (unpaired) electrons. The Morgan fingerprint density at radius 1 is 0.905 bits per heavy atom. The topological polar surface area (TPSA) is 111 Å². The number of carbonyl (C=O) groups excluding carboxylic acids is 2. The first-order valence-electron chi connectivity index (χ1n) is 13.8. The zero-order chi connectivity index (χ0) is 29.9. The monoisotopic (exact) mass is 563 g/mol. The van der Waals surface area contributed by atoms with Crippen LogP contribution in [0.2, 0.25) is 0 Å².